The van der Waals surface area contributed by atoms with Crippen LogP contribution in [-0.2, 0) is 0 Å². The van der Waals surface area contributed by atoms with Gasteiger partial charge in [-0.05, 0) is 0 Å². The first-order chi connectivity index (χ1) is 1.73. The standard InChI is InChI=1S/F2HNSe/c1-4(2)3/h3H. The Labute approximate surface area is 27.0 Å². The van der Waals surface area contributed by atoms with E-state index in [1.165, 1.54) is 0 Å². The Morgan fingerprint density at radius 3 is 1.50 bits per heavy atom. The maximum absolute atomic E-state index is 10.1. The first kappa shape index (κ1) is 4.18. The minimum atomic E-state index is -3.79. The fraction of sp³-hybridized carbons (Fsp3) is 0. The van der Waals surface area contributed by atoms with Crippen LogP contribution in [0.25, 0.3) is 0 Å². The Morgan fingerprint density at radius 1 is 1.50 bits per heavy atom. The summed E-state index contributed by atoms with van der Waals surface area (Å²) in [6.45, 7) is 0. The molecule has 0 fully saturated rings. The number of hydrogen-bond acceptors (Lipinski definition) is 1. The summed E-state index contributed by atoms with van der Waals surface area (Å²) in [6.07, 6.45) is 0. The molecule has 0 aromatic heterocycles. The van der Waals surface area contributed by atoms with Crippen molar-refractivity contribution in [3.05, 3.63) is 0 Å². The molecule has 0 aliphatic carbocycles. The van der Waals surface area contributed by atoms with Gasteiger partial charge in [0.2, 0.25) is 0 Å². The van der Waals surface area contributed by atoms with E-state index in [9.17, 15) is 7.10 Å². The van der Waals surface area contributed by atoms with E-state index >= 15 is 0 Å². The van der Waals surface area contributed by atoms with Crippen molar-refractivity contribution in [3.8, 4) is 0 Å². The number of nitrogens with one attached hydrogen (secondary N) is 1. The Kier molecular flexibility index (Phi) is 1.56. The van der Waals surface area contributed by atoms with Crippen LogP contribution >= 0.6 is 0 Å². The van der Waals surface area contributed by atoms with Gasteiger partial charge >= 0.3 is 26.1 Å². The molecule has 1 nitrogen and oxygen atoms in total. The molecule has 4 heteroatoms. The van der Waals surface area contributed by atoms with Crippen molar-refractivity contribution in [1.82, 2.24) is 0 Å². The Hall–Kier alpha value is 0.179. The summed E-state index contributed by atoms with van der Waals surface area (Å²) < 4.78 is 25.6. The van der Waals surface area contributed by atoms with E-state index in [0.717, 1.165) is 0 Å². The predicted molar refractivity (Wildman–Crippen MR) is 10.7 cm³/mol. The van der Waals surface area contributed by atoms with Crippen LogP contribution in [-0.4, -0.2) is 14.6 Å². The molecule has 0 spiro atoms. The van der Waals surface area contributed by atoms with Crippen molar-refractivity contribution in [1.29, 1.82) is 4.38 Å². The summed E-state index contributed by atoms with van der Waals surface area (Å²) in [5.41, 5.74) is 0. The summed E-state index contributed by atoms with van der Waals surface area (Å²) >= 11 is -3.79. The third-order valence-corrected chi connectivity index (χ3v) is 0. The van der Waals surface area contributed by atoms with Gasteiger partial charge in [-0.15, -0.1) is 0 Å². The summed E-state index contributed by atoms with van der Waals surface area (Å²) in [7, 11) is 0. The molecule has 4 heavy (non-hydrogen) atoms. The fourth-order valence-electron chi connectivity index (χ4n) is 0. The molecule has 0 saturated carbocycles. The van der Waals surface area contributed by atoms with Crippen molar-refractivity contribution in [2.24, 2.45) is 0 Å². The van der Waals surface area contributed by atoms with Crippen molar-refractivity contribution >= 4 is 14.6 Å². The van der Waals surface area contributed by atoms with Crippen LogP contribution in [0.1, 0.15) is 0 Å². The Bertz CT molecular complexity index is 29.0. The minimum absolute atomic E-state index is 3.79. The zero-order chi connectivity index (χ0) is 3.58. The molecule has 0 amide bonds. The second-order valence-electron chi connectivity index (χ2n) is 0.213. The Balaban J connectivity index is 2.80. The van der Waals surface area contributed by atoms with Crippen molar-refractivity contribution in [3.63, 3.8) is 0 Å². The third kappa shape index (κ3) is 94.1. The first-order valence-corrected chi connectivity index (χ1v) is 2.66. The molecule has 0 aliphatic rings. The Morgan fingerprint density at radius 2 is 1.50 bits per heavy atom. The van der Waals surface area contributed by atoms with Gasteiger partial charge < -0.3 is 0 Å². The molecule has 0 atom stereocenters. The summed E-state index contributed by atoms with van der Waals surface area (Å²) in [6, 6.07) is 0. The molecule has 1 N–H and O–H groups in total. The summed E-state index contributed by atoms with van der Waals surface area (Å²) in [4.78, 5) is 0. The summed E-state index contributed by atoms with van der Waals surface area (Å²) in [5.74, 6) is 0. The monoisotopic (exact) mass is 133 g/mol. The van der Waals surface area contributed by atoms with Gasteiger partial charge in [0.1, 0.15) is 0 Å². The average molecular weight is 132 g/mol. The van der Waals surface area contributed by atoms with Gasteiger partial charge in [-0.2, -0.15) is 0 Å². The molecule has 0 saturated heterocycles. The van der Waals surface area contributed by atoms with Crippen LogP contribution in [0.4, 0.5) is 7.10 Å². The molecule has 0 aliphatic heterocycles. The van der Waals surface area contributed by atoms with E-state index in [1.54, 1.807) is 0 Å². The molecule has 26 valence electrons. The quantitative estimate of drug-likeness (QED) is 0.470. The SMILES string of the molecule is N=[Se](F)F. The molecule has 0 heterocycles. The van der Waals surface area contributed by atoms with Crippen LogP contribution in [0.5, 0.6) is 0 Å². The molecule has 0 bridgehead atoms. The van der Waals surface area contributed by atoms with Gasteiger partial charge in [0, 0.05) is 0 Å². The van der Waals surface area contributed by atoms with E-state index < -0.39 is 14.6 Å². The van der Waals surface area contributed by atoms with Crippen molar-refractivity contribution in [2.75, 3.05) is 0 Å². The second-order valence-corrected chi connectivity index (χ2v) is 1.10. The zero-order valence-corrected chi connectivity index (χ0v) is 3.38. The topological polar surface area (TPSA) is 23.9 Å². The first-order valence-electron chi connectivity index (χ1n) is 0.513. The van der Waals surface area contributed by atoms with Crippen LogP contribution in [0.2, 0.25) is 0 Å². The van der Waals surface area contributed by atoms with Crippen LogP contribution in [0.3, 0.4) is 0 Å². The predicted octanol–water partition coefficient (Wildman–Crippen LogP) is 0.758. The van der Waals surface area contributed by atoms with Crippen LogP contribution in [0.15, 0.2) is 0 Å². The van der Waals surface area contributed by atoms with Crippen LogP contribution < -0.4 is 0 Å². The molecule has 0 radical (unpaired) electrons. The number of halogens is 2. The maximum atomic E-state index is 10.1. The van der Waals surface area contributed by atoms with E-state index in [-0.39, 0.29) is 0 Å². The zero-order valence-electron chi connectivity index (χ0n) is 1.66. The van der Waals surface area contributed by atoms with Gasteiger partial charge in [0.15, 0.2) is 0 Å². The molecular weight excluding hydrogens is 131 g/mol. The van der Waals surface area contributed by atoms with E-state index in [4.69, 9.17) is 4.38 Å². The summed E-state index contributed by atoms with van der Waals surface area (Å²) in [5, 5.41) is 0. The van der Waals surface area contributed by atoms with Gasteiger partial charge in [-0.1, -0.05) is 0 Å². The van der Waals surface area contributed by atoms with Crippen molar-refractivity contribution < 1.29 is 7.10 Å². The van der Waals surface area contributed by atoms with Crippen LogP contribution in [0, 0.1) is 4.38 Å². The van der Waals surface area contributed by atoms with E-state index in [0.29, 0.717) is 0 Å². The molecular formula is HF2NSe. The third-order valence-electron chi connectivity index (χ3n) is 0. The molecule has 0 rings (SSSR count). The molecule has 0 aromatic carbocycles. The van der Waals surface area contributed by atoms with E-state index in [2.05, 4.69) is 0 Å². The molecule has 0 unspecified atom stereocenters. The van der Waals surface area contributed by atoms with Gasteiger partial charge in [-0.25, -0.2) is 0 Å². The number of rotatable bonds is 0. The van der Waals surface area contributed by atoms with E-state index in [1.807, 2.05) is 0 Å². The van der Waals surface area contributed by atoms with Gasteiger partial charge in [0.25, 0.3) is 0 Å². The fourth-order valence-corrected chi connectivity index (χ4v) is 0. The van der Waals surface area contributed by atoms with Crippen molar-refractivity contribution in [2.45, 2.75) is 0 Å². The van der Waals surface area contributed by atoms with Gasteiger partial charge in [-0.3, -0.25) is 0 Å². The van der Waals surface area contributed by atoms with Gasteiger partial charge in [0.05, 0.1) is 0 Å². The molecule has 0 aromatic rings. The number of hydrogen-bond donors (Lipinski definition) is 1. The average Bonchev–Trinajstić information content (AvgIpc) is 0.811. The second kappa shape index (κ2) is 1.49. The normalized spacial score (nSPS) is 8.75.